The molecule has 0 aromatic carbocycles. The summed E-state index contributed by atoms with van der Waals surface area (Å²) in [6.45, 7) is 0.945. The van der Waals surface area contributed by atoms with E-state index in [-0.39, 0.29) is 30.5 Å². The summed E-state index contributed by atoms with van der Waals surface area (Å²) in [5.41, 5.74) is 6.43. The molecule has 1 aromatic rings. The highest BCUT2D eigenvalue weighted by Crippen LogP contribution is 2.36. The van der Waals surface area contributed by atoms with Crippen molar-refractivity contribution in [3.63, 3.8) is 0 Å². The van der Waals surface area contributed by atoms with Crippen LogP contribution in [0.2, 0.25) is 0 Å². The Balaban J connectivity index is 0.00000180. The summed E-state index contributed by atoms with van der Waals surface area (Å²) in [6, 6.07) is 2.72. The van der Waals surface area contributed by atoms with Crippen LogP contribution in [-0.2, 0) is 4.57 Å². The Morgan fingerprint density at radius 1 is 1.47 bits per heavy atom. The van der Waals surface area contributed by atoms with Crippen molar-refractivity contribution >= 4 is 31.3 Å². The van der Waals surface area contributed by atoms with Gasteiger partial charge in [-0.3, -0.25) is 4.57 Å². The molecule has 0 fully saturated rings. The molecular formula is C10H17ClN3O4P. The van der Waals surface area contributed by atoms with Gasteiger partial charge in [-0.25, -0.2) is 4.98 Å². The molecule has 2 heterocycles. The number of β-amino-alcohol motifs (C(OH)–C–C–N with tert-alkyl or cyclic N) is 1. The Bertz CT molecular complexity index is 496. The van der Waals surface area contributed by atoms with Gasteiger partial charge < -0.3 is 25.5 Å². The van der Waals surface area contributed by atoms with Crippen molar-refractivity contribution in [3.8, 4) is 0 Å². The first-order valence-electron chi connectivity index (χ1n) is 5.62. The van der Waals surface area contributed by atoms with Crippen LogP contribution in [0, 0.1) is 0 Å². The molecule has 1 aromatic heterocycles. The van der Waals surface area contributed by atoms with Crippen molar-refractivity contribution in [3.05, 3.63) is 17.7 Å². The predicted octanol–water partition coefficient (Wildman–Crippen LogP) is -0.491. The van der Waals surface area contributed by atoms with Crippen LogP contribution in [-0.4, -0.2) is 39.6 Å². The first-order valence-corrected chi connectivity index (χ1v) is 7.23. The number of fused-ring (bicyclic) bond motifs is 1. The number of aromatic nitrogens is 1. The van der Waals surface area contributed by atoms with Crippen molar-refractivity contribution in [1.29, 1.82) is 0 Å². The molecule has 0 radical (unpaired) electrons. The van der Waals surface area contributed by atoms with Gasteiger partial charge in [0.1, 0.15) is 5.82 Å². The predicted molar refractivity (Wildman–Crippen MR) is 74.0 cm³/mol. The van der Waals surface area contributed by atoms with Crippen molar-refractivity contribution in [2.24, 2.45) is 5.73 Å². The van der Waals surface area contributed by atoms with E-state index in [9.17, 15) is 4.57 Å². The average Bonchev–Trinajstić information content (AvgIpc) is 2.31. The molecule has 7 nitrogen and oxygen atoms in total. The highest BCUT2D eigenvalue weighted by molar-refractivity contribution is 7.60. The number of aliphatic hydroxyl groups is 1. The van der Waals surface area contributed by atoms with E-state index in [4.69, 9.17) is 20.6 Å². The molecule has 5 N–H and O–H groups in total. The third-order valence-corrected chi connectivity index (χ3v) is 3.81. The third kappa shape index (κ3) is 3.45. The lowest BCUT2D eigenvalue weighted by atomic mass is 10.0. The van der Waals surface area contributed by atoms with Gasteiger partial charge >= 0.3 is 7.60 Å². The maximum absolute atomic E-state index is 11.2. The highest BCUT2D eigenvalue weighted by atomic mass is 35.5. The standard InChI is InChI=1S/C10H16N3O4P.ClH/c11-8-3-4-13(5-6-14)10-7(8)1-2-9(12-10)18(15,16)17;/h1-2,8,14H,3-6,11H2,(H2,15,16,17);1H. The number of hydrogen-bond acceptors (Lipinski definition) is 5. The van der Waals surface area contributed by atoms with Gasteiger partial charge in [0.2, 0.25) is 0 Å². The van der Waals surface area contributed by atoms with Crippen LogP contribution in [0.3, 0.4) is 0 Å². The van der Waals surface area contributed by atoms with Gasteiger partial charge in [-0.1, -0.05) is 6.07 Å². The summed E-state index contributed by atoms with van der Waals surface area (Å²) in [4.78, 5) is 24.0. The topological polar surface area (TPSA) is 120 Å². The Morgan fingerprint density at radius 3 is 2.74 bits per heavy atom. The molecule has 0 bridgehead atoms. The second-order valence-corrected chi connectivity index (χ2v) is 5.78. The molecule has 2 rings (SSSR count). The fraction of sp³-hybridized carbons (Fsp3) is 0.500. The summed E-state index contributed by atoms with van der Waals surface area (Å²) in [5.74, 6) is 0.462. The first kappa shape index (κ1) is 16.4. The van der Waals surface area contributed by atoms with E-state index in [0.29, 0.717) is 18.9 Å². The fourth-order valence-corrected chi connectivity index (χ4v) is 2.54. The third-order valence-electron chi connectivity index (χ3n) is 2.97. The number of aliphatic hydroxyl groups excluding tert-OH is 1. The van der Waals surface area contributed by atoms with Gasteiger partial charge in [0, 0.05) is 24.7 Å². The van der Waals surface area contributed by atoms with Crippen molar-refractivity contribution in [1.82, 2.24) is 4.98 Å². The van der Waals surface area contributed by atoms with E-state index < -0.39 is 7.60 Å². The van der Waals surface area contributed by atoms with Crippen LogP contribution in [0.5, 0.6) is 0 Å². The summed E-state index contributed by atoms with van der Waals surface area (Å²) < 4.78 is 11.2. The van der Waals surface area contributed by atoms with Crippen LogP contribution in [0.4, 0.5) is 5.82 Å². The summed E-state index contributed by atoms with van der Waals surface area (Å²) >= 11 is 0. The van der Waals surface area contributed by atoms with Crippen LogP contribution in [0.25, 0.3) is 0 Å². The van der Waals surface area contributed by atoms with Crippen molar-refractivity contribution in [2.45, 2.75) is 12.5 Å². The molecule has 108 valence electrons. The summed E-state index contributed by atoms with van der Waals surface area (Å²) in [6.07, 6.45) is 0.726. The fourth-order valence-electron chi connectivity index (χ4n) is 2.05. The maximum atomic E-state index is 11.2. The Morgan fingerprint density at radius 2 is 2.16 bits per heavy atom. The molecule has 1 aliphatic rings. The van der Waals surface area contributed by atoms with Gasteiger partial charge in [-0.15, -0.1) is 12.4 Å². The van der Waals surface area contributed by atoms with Gasteiger partial charge in [0.05, 0.1) is 6.61 Å². The number of hydrogen-bond donors (Lipinski definition) is 4. The minimum absolute atomic E-state index is 0. The molecule has 1 unspecified atom stereocenters. The molecule has 0 saturated carbocycles. The maximum Gasteiger partial charge on any atom is 0.374 e. The molecular weight excluding hydrogens is 293 g/mol. The lowest BCUT2D eigenvalue weighted by molar-refractivity contribution is 0.299. The zero-order chi connectivity index (χ0) is 13.3. The van der Waals surface area contributed by atoms with Crippen LogP contribution < -0.4 is 16.1 Å². The van der Waals surface area contributed by atoms with Crippen molar-refractivity contribution < 1.29 is 19.5 Å². The zero-order valence-electron chi connectivity index (χ0n) is 10.1. The minimum Gasteiger partial charge on any atom is -0.395 e. The Labute approximate surface area is 117 Å². The lowest BCUT2D eigenvalue weighted by Crippen LogP contribution is -2.37. The number of nitrogens with two attached hydrogens (primary N) is 1. The van der Waals surface area contributed by atoms with Gasteiger partial charge in [-0.05, 0) is 12.5 Å². The quantitative estimate of drug-likeness (QED) is 0.556. The molecule has 1 aliphatic heterocycles. The van der Waals surface area contributed by atoms with E-state index in [1.807, 2.05) is 0 Å². The zero-order valence-corrected chi connectivity index (χ0v) is 11.8. The van der Waals surface area contributed by atoms with E-state index in [1.165, 1.54) is 6.07 Å². The highest BCUT2D eigenvalue weighted by Gasteiger charge is 2.27. The van der Waals surface area contributed by atoms with Crippen LogP contribution >= 0.6 is 20.0 Å². The van der Waals surface area contributed by atoms with Gasteiger partial charge in [-0.2, -0.15) is 0 Å². The molecule has 1 atom stereocenters. The number of nitrogens with zero attached hydrogens (tertiary/aromatic N) is 2. The summed E-state index contributed by atoms with van der Waals surface area (Å²) in [7, 11) is -4.37. The Hall–Kier alpha value is -0.690. The van der Waals surface area contributed by atoms with Gasteiger partial charge in [0.15, 0.2) is 5.44 Å². The van der Waals surface area contributed by atoms with E-state index in [2.05, 4.69) is 4.98 Å². The average molecular weight is 310 g/mol. The second kappa shape index (κ2) is 6.17. The minimum atomic E-state index is -4.37. The molecule has 0 amide bonds. The van der Waals surface area contributed by atoms with E-state index in [0.717, 1.165) is 12.0 Å². The molecule has 0 aliphatic carbocycles. The summed E-state index contributed by atoms with van der Waals surface area (Å²) in [5, 5.41) is 8.98. The largest absolute Gasteiger partial charge is 0.395 e. The van der Waals surface area contributed by atoms with Crippen molar-refractivity contribution in [2.75, 3.05) is 24.6 Å². The molecule has 9 heteroatoms. The van der Waals surface area contributed by atoms with Crippen LogP contribution in [0.15, 0.2) is 12.1 Å². The SMILES string of the molecule is Cl.NC1CCN(CCO)c2nc(P(=O)(O)O)ccc21. The molecule has 0 saturated heterocycles. The molecule has 0 spiro atoms. The first-order chi connectivity index (χ1) is 8.43. The monoisotopic (exact) mass is 309 g/mol. The van der Waals surface area contributed by atoms with Gasteiger partial charge in [0.25, 0.3) is 0 Å². The van der Waals surface area contributed by atoms with E-state index in [1.54, 1.807) is 11.0 Å². The van der Waals surface area contributed by atoms with Crippen LogP contribution in [0.1, 0.15) is 18.0 Å². The Kier molecular flexibility index (Phi) is 5.32. The smallest absolute Gasteiger partial charge is 0.374 e. The number of pyridine rings is 1. The molecule has 19 heavy (non-hydrogen) atoms. The number of halogens is 1. The second-order valence-electron chi connectivity index (χ2n) is 4.23. The number of anilines is 1. The number of rotatable bonds is 3. The van der Waals surface area contributed by atoms with E-state index >= 15 is 0 Å². The normalized spacial score (nSPS) is 18.7. The lowest BCUT2D eigenvalue weighted by Gasteiger charge is -2.33.